The van der Waals surface area contributed by atoms with Crippen LogP contribution in [0.3, 0.4) is 0 Å². The zero-order valence-electron chi connectivity index (χ0n) is 7.69. The molecule has 1 rings (SSSR count). The van der Waals surface area contributed by atoms with Gasteiger partial charge in [0.2, 0.25) is 0 Å². The van der Waals surface area contributed by atoms with Crippen LogP contribution in [0, 0.1) is 0 Å². The average Bonchev–Trinajstić information content (AvgIpc) is 2.55. The Hall–Kier alpha value is -0.910. The van der Waals surface area contributed by atoms with Crippen LogP contribution in [0.2, 0.25) is 0 Å². The summed E-state index contributed by atoms with van der Waals surface area (Å²) in [4.78, 5) is 20.6. The minimum Gasteiger partial charge on any atom is -0.478 e. The molecule has 0 saturated carbocycles. The Morgan fingerprint density at radius 3 is 2.54 bits per heavy atom. The summed E-state index contributed by atoms with van der Waals surface area (Å²) >= 11 is 0. The molecule has 5 heteroatoms. The smallest absolute Gasteiger partial charge is 0.331 e. The number of rotatable bonds is 3. The SMILES string of the molecule is CC(=CC(C)N1OCCO1)C(=O)O. The Labute approximate surface area is 76.4 Å². The summed E-state index contributed by atoms with van der Waals surface area (Å²) < 4.78 is 0. The van der Waals surface area contributed by atoms with Gasteiger partial charge in [0.25, 0.3) is 0 Å². The lowest BCUT2D eigenvalue weighted by Gasteiger charge is -2.17. The van der Waals surface area contributed by atoms with Crippen molar-refractivity contribution < 1.29 is 19.6 Å². The van der Waals surface area contributed by atoms with Crippen LogP contribution in [0.25, 0.3) is 0 Å². The Kier molecular flexibility index (Phi) is 3.41. The van der Waals surface area contributed by atoms with E-state index in [4.69, 9.17) is 14.8 Å². The van der Waals surface area contributed by atoms with E-state index >= 15 is 0 Å². The predicted octanol–water partition coefficient (Wildman–Crippen LogP) is 0.585. The maximum Gasteiger partial charge on any atom is 0.331 e. The van der Waals surface area contributed by atoms with Crippen LogP contribution in [0.4, 0.5) is 0 Å². The molecule has 1 aliphatic rings. The molecule has 0 radical (unpaired) electrons. The van der Waals surface area contributed by atoms with Crippen molar-refractivity contribution in [1.29, 1.82) is 0 Å². The summed E-state index contributed by atoms with van der Waals surface area (Å²) in [6.07, 6.45) is 1.58. The number of hydrogen-bond donors (Lipinski definition) is 1. The second-order valence-corrected chi connectivity index (χ2v) is 2.85. The van der Waals surface area contributed by atoms with Crippen molar-refractivity contribution in [2.45, 2.75) is 19.9 Å². The van der Waals surface area contributed by atoms with E-state index in [1.807, 2.05) is 0 Å². The summed E-state index contributed by atoms with van der Waals surface area (Å²) in [6.45, 7) is 4.38. The number of hydroxylamine groups is 2. The molecule has 74 valence electrons. The summed E-state index contributed by atoms with van der Waals surface area (Å²) in [5.74, 6) is -0.925. The van der Waals surface area contributed by atoms with Crippen LogP contribution in [0.1, 0.15) is 13.8 Å². The first kappa shape index (κ1) is 10.2. The third-order valence-corrected chi connectivity index (χ3v) is 1.68. The van der Waals surface area contributed by atoms with Crippen molar-refractivity contribution >= 4 is 5.97 Å². The molecular formula is C8H13NO4. The van der Waals surface area contributed by atoms with Gasteiger partial charge in [-0.1, -0.05) is 11.3 Å². The normalized spacial score (nSPS) is 21.8. The van der Waals surface area contributed by atoms with Gasteiger partial charge in [-0.05, 0) is 13.8 Å². The van der Waals surface area contributed by atoms with Crippen LogP contribution >= 0.6 is 0 Å². The van der Waals surface area contributed by atoms with E-state index in [0.29, 0.717) is 13.2 Å². The highest BCUT2D eigenvalue weighted by molar-refractivity contribution is 5.85. The van der Waals surface area contributed by atoms with Crippen LogP contribution in [0.5, 0.6) is 0 Å². The quantitative estimate of drug-likeness (QED) is 0.655. The molecule has 1 unspecified atom stereocenters. The molecule has 5 nitrogen and oxygen atoms in total. The molecule has 0 aromatic rings. The Balaban J connectivity index is 2.51. The van der Waals surface area contributed by atoms with E-state index in [-0.39, 0.29) is 11.6 Å². The summed E-state index contributed by atoms with van der Waals surface area (Å²) in [5, 5.41) is 9.92. The summed E-state index contributed by atoms with van der Waals surface area (Å²) in [6, 6.07) is -0.182. The number of hydrogen-bond acceptors (Lipinski definition) is 4. The molecule has 0 aromatic carbocycles. The maximum absolute atomic E-state index is 10.5. The molecule has 0 amide bonds. The van der Waals surface area contributed by atoms with Crippen LogP contribution in [-0.4, -0.2) is 35.6 Å². The van der Waals surface area contributed by atoms with Crippen LogP contribution < -0.4 is 0 Å². The minimum absolute atomic E-state index is 0.182. The number of aliphatic carboxylic acids is 1. The van der Waals surface area contributed by atoms with Crippen molar-refractivity contribution in [3.05, 3.63) is 11.6 Å². The van der Waals surface area contributed by atoms with Gasteiger partial charge in [0.05, 0.1) is 19.3 Å². The topological polar surface area (TPSA) is 59.0 Å². The predicted molar refractivity (Wildman–Crippen MR) is 44.6 cm³/mol. The molecule has 1 N–H and O–H groups in total. The largest absolute Gasteiger partial charge is 0.478 e. The van der Waals surface area contributed by atoms with E-state index in [0.717, 1.165) is 0 Å². The molecule has 13 heavy (non-hydrogen) atoms. The van der Waals surface area contributed by atoms with E-state index in [9.17, 15) is 4.79 Å². The Bertz CT molecular complexity index is 220. The number of carbonyl (C=O) groups is 1. The minimum atomic E-state index is -0.925. The van der Waals surface area contributed by atoms with Gasteiger partial charge in [0.15, 0.2) is 0 Å². The third kappa shape index (κ3) is 2.80. The second-order valence-electron chi connectivity index (χ2n) is 2.85. The number of carboxylic acids is 1. The van der Waals surface area contributed by atoms with Crippen molar-refractivity contribution in [3.63, 3.8) is 0 Å². The van der Waals surface area contributed by atoms with Gasteiger partial charge >= 0.3 is 5.97 Å². The van der Waals surface area contributed by atoms with Crippen molar-refractivity contribution in [2.75, 3.05) is 13.2 Å². The summed E-state index contributed by atoms with van der Waals surface area (Å²) in [7, 11) is 0. The zero-order chi connectivity index (χ0) is 9.84. The third-order valence-electron chi connectivity index (χ3n) is 1.68. The lowest BCUT2D eigenvalue weighted by molar-refractivity contribution is -0.311. The molecular weight excluding hydrogens is 174 g/mol. The van der Waals surface area contributed by atoms with Crippen LogP contribution in [-0.2, 0) is 14.5 Å². The molecule has 0 aromatic heterocycles. The average molecular weight is 187 g/mol. The van der Waals surface area contributed by atoms with Crippen molar-refractivity contribution in [1.82, 2.24) is 5.23 Å². The zero-order valence-corrected chi connectivity index (χ0v) is 7.69. The molecule has 1 atom stereocenters. The van der Waals surface area contributed by atoms with Gasteiger partial charge in [-0.25, -0.2) is 4.79 Å². The highest BCUT2D eigenvalue weighted by Crippen LogP contribution is 2.10. The number of nitrogens with zero attached hydrogens (tertiary/aromatic N) is 1. The van der Waals surface area contributed by atoms with E-state index in [1.165, 1.54) is 12.2 Å². The monoisotopic (exact) mass is 187 g/mol. The summed E-state index contributed by atoms with van der Waals surface area (Å²) in [5.41, 5.74) is 0.284. The Morgan fingerprint density at radius 1 is 1.54 bits per heavy atom. The Morgan fingerprint density at radius 2 is 2.08 bits per heavy atom. The fourth-order valence-electron chi connectivity index (χ4n) is 1.02. The van der Waals surface area contributed by atoms with Gasteiger partial charge in [0.1, 0.15) is 0 Å². The van der Waals surface area contributed by atoms with Gasteiger partial charge in [-0.15, -0.1) is 0 Å². The fraction of sp³-hybridized carbons (Fsp3) is 0.625. The molecule has 0 aliphatic carbocycles. The van der Waals surface area contributed by atoms with Crippen molar-refractivity contribution in [2.24, 2.45) is 0 Å². The van der Waals surface area contributed by atoms with Gasteiger partial charge in [0, 0.05) is 5.57 Å². The second kappa shape index (κ2) is 4.36. The van der Waals surface area contributed by atoms with E-state index in [1.54, 1.807) is 13.0 Å². The first-order chi connectivity index (χ1) is 6.11. The van der Waals surface area contributed by atoms with Gasteiger partial charge in [-0.2, -0.15) is 0 Å². The molecule has 0 bridgehead atoms. The van der Waals surface area contributed by atoms with Gasteiger partial charge in [-0.3, -0.25) is 9.68 Å². The van der Waals surface area contributed by atoms with Gasteiger partial charge < -0.3 is 5.11 Å². The molecule has 1 fully saturated rings. The lowest BCUT2D eigenvalue weighted by Crippen LogP contribution is -2.26. The molecule has 1 saturated heterocycles. The molecule has 1 aliphatic heterocycles. The maximum atomic E-state index is 10.5. The van der Waals surface area contributed by atoms with Crippen molar-refractivity contribution in [3.8, 4) is 0 Å². The van der Waals surface area contributed by atoms with Crippen LogP contribution in [0.15, 0.2) is 11.6 Å². The fourth-order valence-corrected chi connectivity index (χ4v) is 1.02. The lowest BCUT2D eigenvalue weighted by atomic mass is 10.2. The first-order valence-electron chi connectivity index (χ1n) is 4.08. The highest BCUT2D eigenvalue weighted by atomic mass is 17.0. The molecule has 1 heterocycles. The number of carboxylic acid groups (broad SMARTS) is 1. The standard InChI is InChI=1S/C8H13NO4/c1-6(8(10)11)5-7(2)9-12-3-4-13-9/h5,7H,3-4H2,1-2H3,(H,10,11). The van der Waals surface area contributed by atoms with E-state index in [2.05, 4.69) is 0 Å². The van der Waals surface area contributed by atoms with E-state index < -0.39 is 5.97 Å². The molecule has 0 spiro atoms. The first-order valence-corrected chi connectivity index (χ1v) is 4.08. The highest BCUT2D eigenvalue weighted by Gasteiger charge is 2.19.